The molecule has 0 aliphatic carbocycles. The van der Waals surface area contributed by atoms with Crippen molar-refractivity contribution >= 4 is 17.5 Å². The zero-order valence-corrected chi connectivity index (χ0v) is 13.5. The van der Waals surface area contributed by atoms with Gasteiger partial charge in [-0.05, 0) is 56.7 Å². The maximum absolute atomic E-state index is 12.2. The molecule has 0 fully saturated rings. The van der Waals surface area contributed by atoms with Crippen molar-refractivity contribution in [2.45, 2.75) is 25.7 Å². The molecule has 0 spiro atoms. The molecule has 0 bridgehead atoms. The highest BCUT2D eigenvalue weighted by Gasteiger charge is 2.08. The number of benzene rings is 2. The van der Waals surface area contributed by atoms with Gasteiger partial charge in [0.15, 0.2) is 5.78 Å². The number of aryl methyl sites for hydroxylation is 2. The Balaban J connectivity index is 1.98. The van der Waals surface area contributed by atoms with Crippen molar-refractivity contribution in [3.05, 3.63) is 59.2 Å². The SMILES string of the molecule is CCOc1ccc(C(=O)CSc2ccc(C)cc2C)cc1. The van der Waals surface area contributed by atoms with E-state index >= 15 is 0 Å². The summed E-state index contributed by atoms with van der Waals surface area (Å²) < 4.78 is 5.38. The number of rotatable bonds is 6. The fourth-order valence-electron chi connectivity index (χ4n) is 2.09. The lowest BCUT2D eigenvalue weighted by atomic mass is 10.1. The molecule has 0 aliphatic rings. The maximum atomic E-state index is 12.2. The number of hydrogen-bond donors (Lipinski definition) is 0. The topological polar surface area (TPSA) is 26.3 Å². The molecule has 0 unspecified atom stereocenters. The van der Waals surface area contributed by atoms with Crippen LogP contribution in [0.1, 0.15) is 28.4 Å². The number of Topliss-reactive ketones (excluding diaryl/α,β-unsaturated/α-hetero) is 1. The number of hydrogen-bond acceptors (Lipinski definition) is 3. The number of carbonyl (C=O) groups is 1. The molecular weight excluding hydrogens is 280 g/mol. The number of thioether (sulfide) groups is 1. The van der Waals surface area contributed by atoms with Crippen LogP contribution in [0.5, 0.6) is 5.75 Å². The van der Waals surface area contributed by atoms with Gasteiger partial charge >= 0.3 is 0 Å². The van der Waals surface area contributed by atoms with Gasteiger partial charge in [0, 0.05) is 10.5 Å². The Bertz CT molecular complexity index is 618. The van der Waals surface area contributed by atoms with Crippen LogP contribution >= 0.6 is 11.8 Å². The summed E-state index contributed by atoms with van der Waals surface area (Å²) in [7, 11) is 0. The van der Waals surface area contributed by atoms with E-state index in [9.17, 15) is 4.79 Å². The first-order chi connectivity index (χ1) is 10.1. The van der Waals surface area contributed by atoms with Gasteiger partial charge in [0.2, 0.25) is 0 Å². The van der Waals surface area contributed by atoms with E-state index in [4.69, 9.17) is 4.74 Å². The third kappa shape index (κ3) is 4.36. The predicted molar refractivity (Wildman–Crippen MR) is 88.6 cm³/mol. The highest BCUT2D eigenvalue weighted by molar-refractivity contribution is 8.00. The average Bonchev–Trinajstić information content (AvgIpc) is 2.47. The van der Waals surface area contributed by atoms with E-state index < -0.39 is 0 Å². The van der Waals surface area contributed by atoms with Crippen LogP contribution in [0, 0.1) is 13.8 Å². The molecule has 21 heavy (non-hydrogen) atoms. The lowest BCUT2D eigenvalue weighted by Crippen LogP contribution is -2.02. The molecule has 3 heteroatoms. The van der Waals surface area contributed by atoms with Gasteiger partial charge in [0.05, 0.1) is 12.4 Å². The first-order valence-corrected chi connectivity index (χ1v) is 8.05. The molecule has 110 valence electrons. The minimum Gasteiger partial charge on any atom is -0.494 e. The smallest absolute Gasteiger partial charge is 0.173 e. The average molecular weight is 300 g/mol. The Kier molecular flexibility index (Phi) is 5.45. The predicted octanol–water partition coefficient (Wildman–Crippen LogP) is 4.68. The van der Waals surface area contributed by atoms with E-state index in [1.165, 1.54) is 16.0 Å². The zero-order chi connectivity index (χ0) is 15.2. The van der Waals surface area contributed by atoms with Gasteiger partial charge in [0.25, 0.3) is 0 Å². The van der Waals surface area contributed by atoms with Gasteiger partial charge in [-0.3, -0.25) is 4.79 Å². The zero-order valence-electron chi connectivity index (χ0n) is 12.7. The van der Waals surface area contributed by atoms with Crippen molar-refractivity contribution in [3.63, 3.8) is 0 Å². The summed E-state index contributed by atoms with van der Waals surface area (Å²) in [6.45, 7) is 6.73. The van der Waals surface area contributed by atoms with Gasteiger partial charge in [-0.2, -0.15) is 0 Å². The van der Waals surface area contributed by atoms with Crippen LogP contribution in [-0.2, 0) is 0 Å². The second-order valence-electron chi connectivity index (χ2n) is 4.94. The quantitative estimate of drug-likeness (QED) is 0.572. The van der Waals surface area contributed by atoms with Crippen molar-refractivity contribution in [1.82, 2.24) is 0 Å². The maximum Gasteiger partial charge on any atom is 0.173 e. The molecule has 0 amide bonds. The molecule has 0 radical (unpaired) electrons. The highest BCUT2D eigenvalue weighted by atomic mass is 32.2. The molecule has 2 aromatic rings. The normalized spacial score (nSPS) is 10.4. The fourth-order valence-corrected chi connectivity index (χ4v) is 3.00. The minimum atomic E-state index is 0.142. The van der Waals surface area contributed by atoms with Gasteiger partial charge in [-0.15, -0.1) is 11.8 Å². The highest BCUT2D eigenvalue weighted by Crippen LogP contribution is 2.24. The molecule has 2 rings (SSSR count). The Morgan fingerprint density at radius 2 is 1.81 bits per heavy atom. The number of ether oxygens (including phenoxy) is 1. The second kappa shape index (κ2) is 7.32. The molecular formula is C18H20O2S. The summed E-state index contributed by atoms with van der Waals surface area (Å²) in [5, 5.41) is 0. The second-order valence-corrected chi connectivity index (χ2v) is 5.96. The summed E-state index contributed by atoms with van der Waals surface area (Å²) in [5.41, 5.74) is 3.20. The van der Waals surface area contributed by atoms with Crippen LogP contribution < -0.4 is 4.74 Å². The van der Waals surface area contributed by atoms with E-state index in [2.05, 4.69) is 32.0 Å². The van der Waals surface area contributed by atoms with E-state index in [1.54, 1.807) is 11.8 Å². The molecule has 0 aromatic heterocycles. The molecule has 0 atom stereocenters. The molecule has 2 aromatic carbocycles. The monoisotopic (exact) mass is 300 g/mol. The molecule has 0 heterocycles. The minimum absolute atomic E-state index is 0.142. The van der Waals surface area contributed by atoms with Gasteiger partial charge in [-0.25, -0.2) is 0 Å². The number of ketones is 1. The molecule has 0 saturated carbocycles. The van der Waals surface area contributed by atoms with Crippen LogP contribution in [0.3, 0.4) is 0 Å². The molecule has 2 nitrogen and oxygen atoms in total. The van der Waals surface area contributed by atoms with Crippen LogP contribution in [-0.4, -0.2) is 18.1 Å². The first-order valence-electron chi connectivity index (χ1n) is 7.06. The summed E-state index contributed by atoms with van der Waals surface area (Å²) in [5.74, 6) is 1.40. The van der Waals surface area contributed by atoms with Crippen molar-refractivity contribution in [2.24, 2.45) is 0 Å². The summed E-state index contributed by atoms with van der Waals surface area (Å²) in [6.07, 6.45) is 0. The van der Waals surface area contributed by atoms with Crippen LogP contribution in [0.25, 0.3) is 0 Å². The van der Waals surface area contributed by atoms with E-state index in [-0.39, 0.29) is 5.78 Å². The van der Waals surface area contributed by atoms with Crippen LogP contribution in [0.15, 0.2) is 47.4 Å². The third-order valence-electron chi connectivity index (χ3n) is 3.18. The van der Waals surface area contributed by atoms with Crippen LogP contribution in [0.2, 0.25) is 0 Å². The van der Waals surface area contributed by atoms with Crippen molar-refractivity contribution in [3.8, 4) is 5.75 Å². The Hall–Kier alpha value is -1.74. The third-order valence-corrected chi connectivity index (χ3v) is 4.35. The van der Waals surface area contributed by atoms with Crippen molar-refractivity contribution in [1.29, 1.82) is 0 Å². The molecule has 0 N–H and O–H groups in total. The Labute approximate surface area is 130 Å². The van der Waals surface area contributed by atoms with Crippen molar-refractivity contribution < 1.29 is 9.53 Å². The summed E-state index contributed by atoms with van der Waals surface area (Å²) >= 11 is 1.59. The van der Waals surface area contributed by atoms with Gasteiger partial charge in [-0.1, -0.05) is 17.7 Å². The first kappa shape index (κ1) is 15.6. The lowest BCUT2D eigenvalue weighted by Gasteiger charge is -2.07. The lowest BCUT2D eigenvalue weighted by molar-refractivity contribution is 0.102. The molecule has 0 saturated heterocycles. The van der Waals surface area contributed by atoms with E-state index in [1.807, 2.05) is 31.2 Å². The van der Waals surface area contributed by atoms with Crippen molar-refractivity contribution in [2.75, 3.05) is 12.4 Å². The number of carbonyl (C=O) groups excluding carboxylic acids is 1. The Morgan fingerprint density at radius 1 is 1.10 bits per heavy atom. The van der Waals surface area contributed by atoms with Crippen LogP contribution in [0.4, 0.5) is 0 Å². The van der Waals surface area contributed by atoms with Gasteiger partial charge in [0.1, 0.15) is 5.75 Å². The summed E-state index contributed by atoms with van der Waals surface area (Å²) in [6, 6.07) is 13.7. The fraction of sp³-hybridized carbons (Fsp3) is 0.278. The van der Waals surface area contributed by atoms with Gasteiger partial charge < -0.3 is 4.74 Å². The summed E-state index contributed by atoms with van der Waals surface area (Å²) in [4.78, 5) is 13.4. The van der Waals surface area contributed by atoms with E-state index in [0.29, 0.717) is 12.4 Å². The largest absolute Gasteiger partial charge is 0.494 e. The van der Waals surface area contributed by atoms with E-state index in [0.717, 1.165) is 11.3 Å². The Morgan fingerprint density at radius 3 is 2.43 bits per heavy atom. The standard InChI is InChI=1S/C18H20O2S/c1-4-20-16-8-6-15(7-9-16)17(19)12-21-18-10-5-13(2)11-14(18)3/h5-11H,4,12H2,1-3H3. The molecule has 0 aliphatic heterocycles.